The summed E-state index contributed by atoms with van der Waals surface area (Å²) in [6.07, 6.45) is 1.63. The van der Waals surface area contributed by atoms with Crippen molar-refractivity contribution in [3.05, 3.63) is 29.5 Å². The smallest absolute Gasteiger partial charge is 0.307 e. The minimum absolute atomic E-state index is 0.335. The minimum atomic E-state index is -0.762. The van der Waals surface area contributed by atoms with Gasteiger partial charge in [0.05, 0.1) is 16.5 Å². The van der Waals surface area contributed by atoms with Gasteiger partial charge in [0.15, 0.2) is 0 Å². The second kappa shape index (κ2) is 6.06. The predicted molar refractivity (Wildman–Crippen MR) is 72.8 cm³/mol. The molecule has 2 rings (SSSR count). The first-order chi connectivity index (χ1) is 8.66. The van der Waals surface area contributed by atoms with Crippen LogP contribution in [0.4, 0.5) is 0 Å². The van der Waals surface area contributed by atoms with E-state index in [9.17, 15) is 4.79 Å². The van der Waals surface area contributed by atoms with Crippen LogP contribution >= 0.6 is 23.1 Å². The summed E-state index contributed by atoms with van der Waals surface area (Å²) < 4.78 is 5.38. The zero-order valence-corrected chi connectivity index (χ0v) is 11.5. The fourth-order valence-corrected chi connectivity index (χ4v) is 2.91. The van der Waals surface area contributed by atoms with E-state index in [0.29, 0.717) is 17.4 Å². The second-order valence-electron chi connectivity index (χ2n) is 3.88. The molecule has 2 aromatic heterocycles. The van der Waals surface area contributed by atoms with Gasteiger partial charge in [-0.1, -0.05) is 13.0 Å². The van der Waals surface area contributed by atoms with E-state index in [4.69, 9.17) is 9.52 Å². The van der Waals surface area contributed by atoms with Crippen LogP contribution in [0.3, 0.4) is 0 Å². The van der Waals surface area contributed by atoms with Crippen molar-refractivity contribution in [2.45, 2.75) is 12.7 Å². The van der Waals surface area contributed by atoms with Crippen molar-refractivity contribution < 1.29 is 14.3 Å². The summed E-state index contributed by atoms with van der Waals surface area (Å²) in [5, 5.41) is 10.7. The van der Waals surface area contributed by atoms with Gasteiger partial charge in [-0.15, -0.1) is 11.3 Å². The Hall–Kier alpha value is -1.27. The molecule has 0 saturated carbocycles. The SMILES string of the molecule is CC(CSCc1coc(-c2cccs2)n1)C(=O)O. The molecule has 0 aliphatic heterocycles. The highest BCUT2D eigenvalue weighted by Gasteiger charge is 2.12. The third-order valence-corrected chi connectivity index (χ3v) is 4.42. The lowest BCUT2D eigenvalue weighted by molar-refractivity contribution is -0.140. The first kappa shape index (κ1) is 13.2. The molecule has 0 aliphatic rings. The summed E-state index contributed by atoms with van der Waals surface area (Å²) >= 11 is 3.13. The lowest BCUT2D eigenvalue weighted by atomic mass is 10.2. The maximum atomic E-state index is 10.7. The van der Waals surface area contributed by atoms with Crippen LogP contribution in [0.25, 0.3) is 10.8 Å². The average Bonchev–Trinajstić information content (AvgIpc) is 2.98. The lowest BCUT2D eigenvalue weighted by Gasteiger charge is -2.03. The topological polar surface area (TPSA) is 63.3 Å². The van der Waals surface area contributed by atoms with Crippen LogP contribution in [-0.4, -0.2) is 21.8 Å². The fraction of sp³-hybridized carbons (Fsp3) is 0.333. The Labute approximate surface area is 113 Å². The molecule has 0 spiro atoms. The number of nitrogens with zero attached hydrogens (tertiary/aromatic N) is 1. The number of oxazole rings is 1. The zero-order valence-electron chi connectivity index (χ0n) is 9.83. The summed E-state index contributed by atoms with van der Waals surface area (Å²) in [7, 11) is 0. The van der Waals surface area contributed by atoms with Gasteiger partial charge < -0.3 is 9.52 Å². The maximum Gasteiger partial charge on any atom is 0.307 e. The number of carboxylic acids is 1. The van der Waals surface area contributed by atoms with Gasteiger partial charge in [0.25, 0.3) is 0 Å². The first-order valence-electron chi connectivity index (χ1n) is 5.45. The van der Waals surface area contributed by atoms with E-state index in [1.807, 2.05) is 17.5 Å². The molecule has 1 unspecified atom stereocenters. The van der Waals surface area contributed by atoms with Crippen LogP contribution in [0.1, 0.15) is 12.6 Å². The minimum Gasteiger partial charge on any atom is -0.481 e. The van der Waals surface area contributed by atoms with Crippen LogP contribution < -0.4 is 0 Å². The van der Waals surface area contributed by atoms with Crippen LogP contribution in [-0.2, 0) is 10.5 Å². The van der Waals surface area contributed by atoms with Crippen LogP contribution in [0.2, 0.25) is 0 Å². The van der Waals surface area contributed by atoms with Crippen molar-refractivity contribution in [1.29, 1.82) is 0 Å². The van der Waals surface area contributed by atoms with Gasteiger partial charge in [0, 0.05) is 11.5 Å². The van der Waals surface area contributed by atoms with Crippen molar-refractivity contribution in [2.75, 3.05) is 5.75 Å². The lowest BCUT2D eigenvalue weighted by Crippen LogP contribution is -2.11. The Balaban J connectivity index is 1.86. The van der Waals surface area contributed by atoms with E-state index >= 15 is 0 Å². The Morgan fingerprint density at radius 1 is 1.67 bits per heavy atom. The third-order valence-electron chi connectivity index (χ3n) is 2.32. The van der Waals surface area contributed by atoms with Gasteiger partial charge in [-0.3, -0.25) is 4.79 Å². The molecule has 2 aromatic rings. The zero-order chi connectivity index (χ0) is 13.0. The molecule has 96 valence electrons. The number of thiophene rings is 1. The van der Waals surface area contributed by atoms with Crippen molar-refractivity contribution in [1.82, 2.24) is 4.98 Å². The molecule has 1 atom stereocenters. The molecule has 18 heavy (non-hydrogen) atoms. The van der Waals surface area contributed by atoms with E-state index < -0.39 is 5.97 Å². The number of aliphatic carboxylic acids is 1. The number of rotatable bonds is 6. The van der Waals surface area contributed by atoms with Gasteiger partial charge in [0.2, 0.25) is 5.89 Å². The highest BCUT2D eigenvalue weighted by atomic mass is 32.2. The molecule has 0 saturated heterocycles. The summed E-state index contributed by atoms with van der Waals surface area (Å²) in [6, 6.07) is 3.91. The number of carbonyl (C=O) groups is 1. The standard InChI is InChI=1S/C12H13NO3S2/c1-8(12(14)15)6-17-7-9-5-16-11(13-9)10-3-2-4-18-10/h2-5,8H,6-7H2,1H3,(H,14,15). The molecule has 1 N–H and O–H groups in total. The highest BCUT2D eigenvalue weighted by molar-refractivity contribution is 7.98. The van der Waals surface area contributed by atoms with Gasteiger partial charge in [-0.05, 0) is 11.4 Å². The molecular weight excluding hydrogens is 270 g/mol. The normalized spacial score (nSPS) is 12.5. The summed E-state index contributed by atoms with van der Waals surface area (Å²) in [5.41, 5.74) is 0.848. The van der Waals surface area contributed by atoms with Crippen molar-refractivity contribution in [3.8, 4) is 10.8 Å². The maximum absolute atomic E-state index is 10.7. The Morgan fingerprint density at radius 3 is 3.17 bits per heavy atom. The van der Waals surface area contributed by atoms with Crippen LogP contribution in [0.15, 0.2) is 28.2 Å². The molecule has 0 amide bonds. The predicted octanol–water partition coefficient (Wildman–Crippen LogP) is 3.36. The molecule has 6 heteroatoms. The number of hydrogen-bond acceptors (Lipinski definition) is 5. The molecule has 4 nitrogen and oxygen atoms in total. The number of thioether (sulfide) groups is 1. The summed E-state index contributed by atoms with van der Waals surface area (Å²) in [4.78, 5) is 16.0. The Kier molecular flexibility index (Phi) is 4.43. The Bertz CT molecular complexity index is 507. The molecule has 0 bridgehead atoms. The molecule has 0 aliphatic carbocycles. The van der Waals surface area contributed by atoms with E-state index in [1.54, 1.807) is 36.3 Å². The number of aromatic nitrogens is 1. The third kappa shape index (κ3) is 3.36. The quantitative estimate of drug-likeness (QED) is 0.880. The second-order valence-corrected chi connectivity index (χ2v) is 5.85. The molecule has 2 heterocycles. The fourth-order valence-electron chi connectivity index (χ4n) is 1.30. The van der Waals surface area contributed by atoms with Gasteiger partial charge >= 0.3 is 5.97 Å². The van der Waals surface area contributed by atoms with Gasteiger partial charge in [-0.2, -0.15) is 11.8 Å². The van der Waals surface area contributed by atoms with E-state index in [1.165, 1.54) is 0 Å². The Morgan fingerprint density at radius 2 is 2.50 bits per heavy atom. The molecular formula is C12H13NO3S2. The summed E-state index contributed by atoms with van der Waals surface area (Å²) in [5.74, 6) is 0.788. The summed E-state index contributed by atoms with van der Waals surface area (Å²) in [6.45, 7) is 1.70. The van der Waals surface area contributed by atoms with Crippen LogP contribution in [0, 0.1) is 5.92 Å². The monoisotopic (exact) mass is 283 g/mol. The number of carboxylic acid groups (broad SMARTS) is 1. The van der Waals surface area contributed by atoms with Crippen molar-refractivity contribution in [3.63, 3.8) is 0 Å². The molecule has 0 fully saturated rings. The van der Waals surface area contributed by atoms with Gasteiger partial charge in [0.1, 0.15) is 6.26 Å². The highest BCUT2D eigenvalue weighted by Crippen LogP contribution is 2.25. The van der Waals surface area contributed by atoms with E-state index in [-0.39, 0.29) is 5.92 Å². The van der Waals surface area contributed by atoms with Gasteiger partial charge in [-0.25, -0.2) is 4.98 Å². The van der Waals surface area contributed by atoms with E-state index in [0.717, 1.165) is 10.6 Å². The van der Waals surface area contributed by atoms with E-state index in [2.05, 4.69) is 4.98 Å². The average molecular weight is 283 g/mol. The first-order valence-corrected chi connectivity index (χ1v) is 7.49. The largest absolute Gasteiger partial charge is 0.481 e. The van der Waals surface area contributed by atoms with Crippen molar-refractivity contribution in [2.24, 2.45) is 5.92 Å². The van der Waals surface area contributed by atoms with Crippen molar-refractivity contribution >= 4 is 29.1 Å². The molecule has 0 radical (unpaired) electrons. The number of hydrogen-bond donors (Lipinski definition) is 1. The van der Waals surface area contributed by atoms with Crippen LogP contribution in [0.5, 0.6) is 0 Å². The molecule has 0 aromatic carbocycles.